The molecule has 1 heterocycles. The average molecular weight is 263 g/mol. The van der Waals surface area contributed by atoms with Crippen LogP contribution in [0, 0.1) is 10.1 Å². The molecule has 88 valence electrons. The summed E-state index contributed by atoms with van der Waals surface area (Å²) >= 11 is 6.56. The van der Waals surface area contributed by atoms with Gasteiger partial charge in [0.1, 0.15) is 4.88 Å². The zero-order valence-corrected chi connectivity index (χ0v) is 10.2. The molecule has 1 N–H and O–H groups in total. The van der Waals surface area contributed by atoms with Gasteiger partial charge in [0.05, 0.1) is 4.92 Å². The quantitative estimate of drug-likeness (QED) is 0.504. The molecule has 5 nitrogen and oxygen atoms in total. The molecule has 0 unspecified atom stereocenters. The first-order chi connectivity index (χ1) is 7.56. The van der Waals surface area contributed by atoms with Gasteiger partial charge in [0, 0.05) is 12.6 Å². The second-order valence-corrected chi connectivity index (χ2v) is 4.79. The smallest absolute Gasteiger partial charge is 0.299 e. The molecule has 0 aliphatic carbocycles. The number of hydrogen-bond acceptors (Lipinski definition) is 4. The summed E-state index contributed by atoms with van der Waals surface area (Å²) in [4.78, 5) is 21.7. The molecule has 7 heteroatoms. The van der Waals surface area contributed by atoms with Gasteiger partial charge in [-0.05, 0) is 6.42 Å². The maximum atomic E-state index is 11.5. The summed E-state index contributed by atoms with van der Waals surface area (Å²) in [5.74, 6) is -0.312. The number of nitro groups is 1. The standard InChI is InChI=1S/C9H11ClN2O3S/c1-2-3-4-11-9(13)7-5-6(12(14)15)8(10)16-7/h5H,2-4H2,1H3,(H,11,13). The molecule has 1 rings (SSSR count). The van der Waals surface area contributed by atoms with Gasteiger partial charge in [-0.15, -0.1) is 11.3 Å². The van der Waals surface area contributed by atoms with Gasteiger partial charge in [0.2, 0.25) is 0 Å². The number of nitrogens with zero attached hydrogens (tertiary/aromatic N) is 1. The van der Waals surface area contributed by atoms with Crippen LogP contribution in [0.2, 0.25) is 4.34 Å². The molecule has 0 aromatic carbocycles. The summed E-state index contributed by atoms with van der Waals surface area (Å²) in [7, 11) is 0. The molecular weight excluding hydrogens is 252 g/mol. The third-order valence-electron chi connectivity index (χ3n) is 1.91. The van der Waals surface area contributed by atoms with E-state index in [1.54, 1.807) is 0 Å². The van der Waals surface area contributed by atoms with Crippen molar-refractivity contribution >= 4 is 34.5 Å². The van der Waals surface area contributed by atoms with E-state index in [9.17, 15) is 14.9 Å². The maximum Gasteiger partial charge on any atom is 0.299 e. The zero-order valence-electron chi connectivity index (χ0n) is 8.66. The van der Waals surface area contributed by atoms with E-state index in [2.05, 4.69) is 5.32 Å². The van der Waals surface area contributed by atoms with Crippen LogP contribution in [0.15, 0.2) is 6.07 Å². The Morgan fingerprint density at radius 1 is 1.69 bits per heavy atom. The number of rotatable bonds is 5. The lowest BCUT2D eigenvalue weighted by Gasteiger charge is -2.00. The first kappa shape index (κ1) is 12.9. The summed E-state index contributed by atoms with van der Waals surface area (Å²) < 4.78 is 0.0330. The highest BCUT2D eigenvalue weighted by atomic mass is 35.5. The molecule has 1 amide bonds. The van der Waals surface area contributed by atoms with Crippen molar-refractivity contribution in [1.82, 2.24) is 5.32 Å². The minimum Gasteiger partial charge on any atom is -0.351 e. The van der Waals surface area contributed by atoms with Crippen LogP contribution in [0.25, 0.3) is 0 Å². The highest BCUT2D eigenvalue weighted by molar-refractivity contribution is 7.18. The van der Waals surface area contributed by atoms with Gasteiger partial charge in [0.15, 0.2) is 4.34 Å². The van der Waals surface area contributed by atoms with Crippen LogP contribution in [0.4, 0.5) is 5.69 Å². The fourth-order valence-electron chi connectivity index (χ4n) is 1.06. The number of halogens is 1. The van der Waals surface area contributed by atoms with Crippen molar-refractivity contribution in [3.8, 4) is 0 Å². The molecule has 0 atom stereocenters. The van der Waals surface area contributed by atoms with Crippen LogP contribution < -0.4 is 5.32 Å². The number of amides is 1. The molecule has 0 saturated heterocycles. The van der Waals surface area contributed by atoms with E-state index in [0.29, 0.717) is 6.54 Å². The highest BCUT2D eigenvalue weighted by Gasteiger charge is 2.20. The lowest BCUT2D eigenvalue weighted by molar-refractivity contribution is -0.384. The zero-order chi connectivity index (χ0) is 12.1. The first-order valence-corrected chi connectivity index (χ1v) is 5.97. The molecule has 1 aromatic heterocycles. The van der Waals surface area contributed by atoms with Gasteiger partial charge >= 0.3 is 0 Å². The van der Waals surface area contributed by atoms with Gasteiger partial charge in [-0.1, -0.05) is 24.9 Å². The molecule has 0 radical (unpaired) electrons. The third-order valence-corrected chi connectivity index (χ3v) is 3.24. The van der Waals surface area contributed by atoms with Gasteiger partial charge in [-0.25, -0.2) is 0 Å². The number of carbonyl (C=O) groups is 1. The predicted molar refractivity (Wildman–Crippen MR) is 63.2 cm³/mol. The summed E-state index contributed by atoms with van der Waals surface area (Å²) in [5.41, 5.74) is -0.215. The van der Waals surface area contributed by atoms with Crippen molar-refractivity contribution in [2.45, 2.75) is 19.8 Å². The average Bonchev–Trinajstić information content (AvgIpc) is 2.60. The Balaban J connectivity index is 2.69. The van der Waals surface area contributed by atoms with E-state index in [1.807, 2.05) is 6.92 Å². The normalized spacial score (nSPS) is 10.1. The molecule has 0 aliphatic heterocycles. The summed E-state index contributed by atoms with van der Waals surface area (Å²) in [6.45, 7) is 2.58. The highest BCUT2D eigenvalue weighted by Crippen LogP contribution is 2.33. The molecule has 0 aliphatic rings. The van der Waals surface area contributed by atoms with E-state index in [0.717, 1.165) is 24.2 Å². The van der Waals surface area contributed by atoms with Crippen molar-refractivity contribution in [2.24, 2.45) is 0 Å². The lowest BCUT2D eigenvalue weighted by atomic mass is 10.3. The molecular formula is C9H11ClN2O3S. The van der Waals surface area contributed by atoms with Crippen molar-refractivity contribution in [3.05, 3.63) is 25.4 Å². The Hall–Kier alpha value is -1.14. The number of hydrogen-bond donors (Lipinski definition) is 1. The van der Waals surface area contributed by atoms with E-state index in [-0.39, 0.29) is 20.8 Å². The molecule has 16 heavy (non-hydrogen) atoms. The molecule has 1 aromatic rings. The minimum absolute atomic E-state index is 0.0330. The second-order valence-electron chi connectivity index (χ2n) is 3.14. The summed E-state index contributed by atoms with van der Waals surface area (Å²) in [5, 5.41) is 13.2. The van der Waals surface area contributed by atoms with E-state index < -0.39 is 4.92 Å². The Morgan fingerprint density at radius 3 is 2.88 bits per heavy atom. The van der Waals surface area contributed by atoms with Crippen molar-refractivity contribution in [3.63, 3.8) is 0 Å². The van der Waals surface area contributed by atoms with Crippen LogP contribution in [-0.4, -0.2) is 17.4 Å². The first-order valence-electron chi connectivity index (χ1n) is 4.78. The van der Waals surface area contributed by atoms with Crippen LogP contribution in [-0.2, 0) is 0 Å². The second kappa shape index (κ2) is 5.81. The fourth-order valence-corrected chi connectivity index (χ4v) is 2.20. The molecule has 0 bridgehead atoms. The number of thiophene rings is 1. The number of unbranched alkanes of at least 4 members (excludes halogenated alkanes) is 1. The Bertz CT molecular complexity index is 405. The van der Waals surface area contributed by atoms with Crippen LogP contribution in [0.3, 0.4) is 0 Å². The van der Waals surface area contributed by atoms with E-state index in [4.69, 9.17) is 11.6 Å². The minimum atomic E-state index is -0.596. The topological polar surface area (TPSA) is 72.2 Å². The van der Waals surface area contributed by atoms with Crippen molar-refractivity contribution in [1.29, 1.82) is 0 Å². The van der Waals surface area contributed by atoms with Crippen LogP contribution >= 0.6 is 22.9 Å². The summed E-state index contributed by atoms with van der Waals surface area (Å²) in [6, 6.07) is 1.20. The third kappa shape index (κ3) is 3.18. The van der Waals surface area contributed by atoms with Crippen LogP contribution in [0.5, 0.6) is 0 Å². The van der Waals surface area contributed by atoms with Gasteiger partial charge in [0.25, 0.3) is 11.6 Å². The predicted octanol–water partition coefficient (Wildman–Crippen LogP) is 2.84. The maximum absolute atomic E-state index is 11.5. The number of nitrogens with one attached hydrogen (secondary N) is 1. The van der Waals surface area contributed by atoms with Crippen molar-refractivity contribution < 1.29 is 9.72 Å². The Labute approximate surface area is 102 Å². The molecule has 0 fully saturated rings. The van der Waals surface area contributed by atoms with E-state index in [1.165, 1.54) is 6.07 Å². The lowest BCUT2D eigenvalue weighted by Crippen LogP contribution is -2.23. The van der Waals surface area contributed by atoms with Gasteiger partial charge in [-0.3, -0.25) is 14.9 Å². The van der Waals surface area contributed by atoms with Gasteiger partial charge in [-0.2, -0.15) is 0 Å². The SMILES string of the molecule is CCCCNC(=O)c1cc([N+](=O)[O-])c(Cl)s1. The monoisotopic (exact) mass is 262 g/mol. The van der Waals surface area contributed by atoms with Gasteiger partial charge < -0.3 is 5.32 Å². The fraction of sp³-hybridized carbons (Fsp3) is 0.444. The summed E-state index contributed by atoms with van der Waals surface area (Å²) in [6.07, 6.45) is 1.86. The molecule has 0 spiro atoms. The molecule has 0 saturated carbocycles. The van der Waals surface area contributed by atoms with E-state index >= 15 is 0 Å². The number of carbonyl (C=O) groups excluding carboxylic acids is 1. The Morgan fingerprint density at radius 2 is 2.38 bits per heavy atom. The van der Waals surface area contributed by atoms with Crippen LogP contribution in [0.1, 0.15) is 29.4 Å². The van der Waals surface area contributed by atoms with Crippen molar-refractivity contribution in [2.75, 3.05) is 6.54 Å². The largest absolute Gasteiger partial charge is 0.351 e. The Kier molecular flexibility index (Phi) is 4.70.